The average Bonchev–Trinajstić information content (AvgIpc) is 3.05. The molecule has 0 spiro atoms. The van der Waals surface area contributed by atoms with Gasteiger partial charge >= 0.3 is 47.6 Å². The minimum absolute atomic E-state index is 0.0151. The zero-order valence-electron chi connectivity index (χ0n) is 29.6. The Balaban J connectivity index is 3.23. The first-order chi connectivity index (χ1) is 24.5. The molecule has 3 N–H and O–H groups in total. The summed E-state index contributed by atoms with van der Waals surface area (Å²) < 4.78 is 245. The second kappa shape index (κ2) is 16.9. The molecule has 0 aliphatic carbocycles. The van der Waals surface area contributed by atoms with Crippen LogP contribution in [0.5, 0.6) is 5.75 Å². The zero-order chi connectivity index (χ0) is 43.6. The van der Waals surface area contributed by atoms with Gasteiger partial charge < -0.3 is 14.3 Å². The summed E-state index contributed by atoms with van der Waals surface area (Å²) >= 11 is 0. The van der Waals surface area contributed by atoms with Gasteiger partial charge in [-0.15, -0.1) is 0 Å². The van der Waals surface area contributed by atoms with E-state index in [9.17, 15) is 84.5 Å². The average molecular weight is 856 g/mol. The van der Waals surface area contributed by atoms with Crippen molar-refractivity contribution in [1.82, 2.24) is 5.48 Å². The molecule has 24 heteroatoms. The van der Waals surface area contributed by atoms with Crippen molar-refractivity contribution in [2.45, 2.75) is 125 Å². The minimum atomic E-state index is -8.69. The van der Waals surface area contributed by atoms with E-state index in [1.54, 1.807) is 0 Å². The van der Waals surface area contributed by atoms with E-state index < -0.39 is 105 Å². The molecule has 0 aromatic heterocycles. The molecule has 1 aromatic rings. The Bertz CT molecular complexity index is 1470. The Labute approximate surface area is 304 Å². The van der Waals surface area contributed by atoms with Crippen LogP contribution in [0.15, 0.2) is 35.4 Å². The Morgan fingerprint density at radius 1 is 0.691 bits per heavy atom. The first-order valence-electron chi connectivity index (χ1n) is 15.8. The fraction of sp³-hybridized carbons (Fsp3) is 0.710. The first-order valence-corrected chi connectivity index (χ1v) is 18.1. The number of nitrogens with one attached hydrogen (secondary N) is 1. The number of ether oxygens (including phenoxy) is 1. The molecule has 0 radical (unpaired) electrons. The Morgan fingerprint density at radius 2 is 1.11 bits per heavy atom. The second-order valence-corrected chi connectivity index (χ2v) is 18.3. The number of aliphatic hydroxyl groups excluding tert-OH is 1. The highest BCUT2D eigenvalue weighted by Crippen LogP contribution is 2.64. The number of hydrogen-bond acceptors (Lipinski definition) is 5. The van der Waals surface area contributed by atoms with Crippen molar-refractivity contribution in [1.29, 1.82) is 0 Å². The van der Waals surface area contributed by atoms with Gasteiger partial charge in [0, 0.05) is 12.0 Å². The lowest BCUT2D eigenvalue weighted by Crippen LogP contribution is -2.74. The van der Waals surface area contributed by atoms with Gasteiger partial charge in [0.2, 0.25) is 0 Å². The molecular weight excluding hydrogens is 817 g/mol. The van der Waals surface area contributed by atoms with Gasteiger partial charge in [-0.2, -0.15) is 74.6 Å². The number of alkyl halides is 17. The third-order valence-electron chi connectivity index (χ3n) is 9.14. The lowest BCUT2D eigenvalue weighted by Gasteiger charge is -2.44. The number of rotatable bonds is 20. The summed E-state index contributed by atoms with van der Waals surface area (Å²) in [6.07, 6.45) is -11.5. The third kappa shape index (κ3) is 9.31. The molecule has 0 heterocycles. The van der Waals surface area contributed by atoms with Gasteiger partial charge in [-0.25, -0.2) is 5.48 Å². The van der Waals surface area contributed by atoms with Crippen molar-refractivity contribution < 1.29 is 98.9 Å². The highest BCUT2D eigenvalue weighted by molar-refractivity contribution is 6.76. The van der Waals surface area contributed by atoms with Crippen LogP contribution in [-0.4, -0.2) is 85.4 Å². The molecule has 0 aliphatic rings. The number of carbonyl (C=O) groups excluding carboxylic acids is 1. The highest BCUT2D eigenvalue weighted by Gasteiger charge is 2.95. The maximum Gasteiger partial charge on any atom is 0.460 e. The molecule has 0 fully saturated rings. The monoisotopic (exact) mass is 855 g/mol. The normalized spacial score (nSPS) is 15.7. The molecule has 0 bridgehead atoms. The number of amides is 1. The van der Waals surface area contributed by atoms with Crippen LogP contribution in [0.3, 0.4) is 0 Å². The molecular formula is C31H38F17NO5Si. The standard InChI is InChI=1S/C31H38F17NO5Si/c1-16(2)55(17(3)4,54-13-12-53-21-9-7-20(8-10-21)22(50)15-18(5)19(6)23(51)49-52)14-11-24(32,33)25(34,35)26(36,37)27(38,39)28(40,41)29(42,43)30(44,45)31(46,47)48/h7-10,16-17,22,50,52H,11-15H2,1-6H3,(H,49,51)/b19-18+/t22-/m0/s1. The Hall–Kier alpha value is -2.86. The van der Waals surface area contributed by atoms with E-state index >= 15 is 0 Å². The van der Waals surface area contributed by atoms with Crippen LogP contribution in [0.2, 0.25) is 17.1 Å². The molecule has 0 unspecified atom stereocenters. The number of benzene rings is 1. The van der Waals surface area contributed by atoms with Crippen molar-refractivity contribution in [3.05, 3.63) is 41.0 Å². The van der Waals surface area contributed by atoms with Crippen LogP contribution in [0.25, 0.3) is 0 Å². The molecule has 0 aliphatic heterocycles. The van der Waals surface area contributed by atoms with E-state index in [0.29, 0.717) is 11.1 Å². The van der Waals surface area contributed by atoms with Crippen molar-refractivity contribution >= 4 is 14.2 Å². The van der Waals surface area contributed by atoms with Crippen molar-refractivity contribution in [2.75, 3.05) is 13.2 Å². The van der Waals surface area contributed by atoms with Crippen LogP contribution < -0.4 is 10.2 Å². The summed E-state index contributed by atoms with van der Waals surface area (Å²) in [4.78, 5) is 11.5. The fourth-order valence-corrected chi connectivity index (χ4v) is 9.84. The Morgan fingerprint density at radius 3 is 1.51 bits per heavy atom. The Kier molecular flexibility index (Phi) is 15.4. The van der Waals surface area contributed by atoms with Gasteiger partial charge in [-0.1, -0.05) is 45.4 Å². The maximum atomic E-state index is 14.8. The van der Waals surface area contributed by atoms with Crippen LogP contribution in [0.4, 0.5) is 74.6 Å². The summed E-state index contributed by atoms with van der Waals surface area (Å²) in [7, 11) is -3.95. The largest absolute Gasteiger partial charge is 0.491 e. The molecule has 1 rings (SSSR count). The lowest BCUT2D eigenvalue weighted by atomic mass is 9.88. The second-order valence-electron chi connectivity index (χ2n) is 13.2. The molecule has 1 aromatic carbocycles. The maximum absolute atomic E-state index is 14.8. The molecule has 55 heavy (non-hydrogen) atoms. The van der Waals surface area contributed by atoms with E-state index in [1.165, 1.54) is 71.3 Å². The minimum Gasteiger partial charge on any atom is -0.491 e. The number of aliphatic hydroxyl groups is 1. The van der Waals surface area contributed by atoms with Gasteiger partial charge in [-0.3, -0.25) is 10.0 Å². The number of hydroxylamine groups is 1. The van der Waals surface area contributed by atoms with E-state index in [0.717, 1.165) is 0 Å². The molecule has 0 saturated carbocycles. The number of halogens is 17. The van der Waals surface area contributed by atoms with Gasteiger partial charge in [0.15, 0.2) is 8.32 Å². The summed E-state index contributed by atoms with van der Waals surface area (Å²) in [5, 5.41) is 19.2. The van der Waals surface area contributed by atoms with Gasteiger partial charge in [0.25, 0.3) is 5.91 Å². The van der Waals surface area contributed by atoms with Gasteiger partial charge in [0.1, 0.15) is 12.4 Å². The predicted molar refractivity (Wildman–Crippen MR) is 162 cm³/mol. The van der Waals surface area contributed by atoms with Crippen molar-refractivity contribution in [3.8, 4) is 5.75 Å². The molecule has 320 valence electrons. The summed E-state index contributed by atoms with van der Waals surface area (Å²) in [6.45, 7) is 7.29. The third-order valence-corrected chi connectivity index (χ3v) is 14.8. The van der Waals surface area contributed by atoms with E-state index in [-0.39, 0.29) is 17.7 Å². The summed E-state index contributed by atoms with van der Waals surface area (Å²) in [6, 6.07) is 4.24. The molecule has 1 amide bonds. The van der Waals surface area contributed by atoms with Crippen LogP contribution in [0, 0.1) is 0 Å². The summed E-state index contributed by atoms with van der Waals surface area (Å²) in [5.41, 5.74) is 0.653. The van der Waals surface area contributed by atoms with Crippen LogP contribution in [-0.2, 0) is 9.22 Å². The quantitative estimate of drug-likeness (QED) is 0.0304. The topological polar surface area (TPSA) is 88.0 Å². The SMILES string of the molecule is C/C(C[C@H](O)c1ccc(OCCO[Si](CCC(F)(F)C(F)(F)C(F)(F)C(F)(F)C(F)(F)C(F)(F)C(F)(F)C(F)(F)F)(C(C)C)C(C)C)cc1)=C(/C)C(=O)NO. The van der Waals surface area contributed by atoms with E-state index in [2.05, 4.69) is 0 Å². The zero-order valence-corrected chi connectivity index (χ0v) is 30.6. The van der Waals surface area contributed by atoms with Crippen LogP contribution >= 0.6 is 0 Å². The van der Waals surface area contributed by atoms with E-state index in [1.807, 2.05) is 0 Å². The lowest BCUT2D eigenvalue weighted by molar-refractivity contribution is -0.461. The van der Waals surface area contributed by atoms with Crippen molar-refractivity contribution in [2.24, 2.45) is 0 Å². The highest BCUT2D eigenvalue weighted by atomic mass is 28.4. The van der Waals surface area contributed by atoms with Gasteiger partial charge in [-0.05, 0) is 55.1 Å². The number of hydrogen-bond donors (Lipinski definition) is 3. The smallest absolute Gasteiger partial charge is 0.460 e. The molecule has 6 nitrogen and oxygen atoms in total. The molecule has 0 saturated heterocycles. The van der Waals surface area contributed by atoms with Crippen LogP contribution in [0.1, 0.15) is 66.1 Å². The van der Waals surface area contributed by atoms with Crippen molar-refractivity contribution in [3.63, 3.8) is 0 Å². The van der Waals surface area contributed by atoms with Gasteiger partial charge in [0.05, 0.1) is 12.7 Å². The van der Waals surface area contributed by atoms with E-state index in [4.69, 9.17) is 14.4 Å². The first kappa shape index (κ1) is 50.2. The summed E-state index contributed by atoms with van der Waals surface area (Å²) in [5.74, 6) is -57.4. The number of carbonyl (C=O) groups is 1. The predicted octanol–water partition coefficient (Wildman–Crippen LogP) is 10.5. The fourth-order valence-electron chi connectivity index (χ4n) is 5.37. The molecule has 1 atom stereocenters.